The van der Waals surface area contributed by atoms with Crippen molar-refractivity contribution < 1.29 is 12.6 Å². The average Bonchev–Trinajstić information content (AvgIpc) is 2.52. The minimum Gasteiger partial charge on any atom is -0.259 e. The van der Waals surface area contributed by atoms with E-state index < -0.39 is 20.8 Å². The van der Waals surface area contributed by atoms with Crippen LogP contribution in [0.1, 0.15) is 13.8 Å². The van der Waals surface area contributed by atoms with Crippen molar-refractivity contribution in [1.29, 1.82) is 0 Å². The maximum absolute atomic E-state index is 13.1. The number of rotatable bonds is 2. The molecule has 2 aromatic rings. The summed E-state index contributed by atoms with van der Waals surface area (Å²) in [6, 6.07) is 12.5. The second-order valence-electron chi connectivity index (χ2n) is 5.62. The van der Waals surface area contributed by atoms with E-state index in [1.165, 1.54) is 4.31 Å². The molecule has 3 atom stereocenters. The molecule has 2 aromatic carbocycles. The summed E-state index contributed by atoms with van der Waals surface area (Å²) in [6.45, 7) is 4.00. The largest absolute Gasteiger partial charge is 0.259 e. The zero-order valence-corrected chi connectivity index (χ0v) is 14.2. The molecule has 0 spiro atoms. The maximum atomic E-state index is 13.1. The predicted octanol–water partition coefficient (Wildman–Crippen LogP) is 2.37. The first-order chi connectivity index (χ1) is 10.4. The molecule has 0 amide bonds. The van der Waals surface area contributed by atoms with Crippen LogP contribution in [0, 0.1) is 0 Å². The highest BCUT2D eigenvalue weighted by Gasteiger charge is 2.38. The Morgan fingerprint density at radius 2 is 1.77 bits per heavy atom. The summed E-state index contributed by atoms with van der Waals surface area (Å²) in [5, 5.41) is 1.49. The molecule has 6 heteroatoms. The van der Waals surface area contributed by atoms with E-state index in [1.54, 1.807) is 12.1 Å². The molecule has 3 rings (SSSR count). The van der Waals surface area contributed by atoms with Crippen molar-refractivity contribution in [2.24, 2.45) is 0 Å². The quantitative estimate of drug-likeness (QED) is 0.845. The van der Waals surface area contributed by atoms with Gasteiger partial charge >= 0.3 is 0 Å². The van der Waals surface area contributed by atoms with Crippen molar-refractivity contribution in [2.45, 2.75) is 30.0 Å². The summed E-state index contributed by atoms with van der Waals surface area (Å²) in [7, 11) is -4.56. The van der Waals surface area contributed by atoms with E-state index in [0.717, 1.165) is 10.8 Å². The summed E-state index contributed by atoms with van der Waals surface area (Å²) < 4.78 is 39.6. The third-order valence-corrected chi connectivity index (χ3v) is 8.25. The summed E-state index contributed by atoms with van der Waals surface area (Å²) in [6.07, 6.45) is 0. The fraction of sp³-hybridized carbons (Fsp3) is 0.375. The number of fused-ring (bicyclic) bond motifs is 1. The third-order valence-electron chi connectivity index (χ3n) is 4.40. The third kappa shape index (κ3) is 2.49. The lowest BCUT2D eigenvalue weighted by Crippen LogP contribution is -2.52. The first-order valence-electron chi connectivity index (χ1n) is 7.29. The standard InChI is InChI=1S/C16H19NO3S2/c1-12-13(2)21(18)11-10-17(12)22(19,20)16-9-5-7-14-6-3-4-8-15(14)16/h3-9,12-13H,10-11H2,1-2H3/t12-,13+,21-/m1/s1. The fourth-order valence-corrected chi connectivity index (χ4v) is 6.36. The summed E-state index contributed by atoms with van der Waals surface area (Å²) >= 11 is 0. The van der Waals surface area contributed by atoms with Gasteiger partial charge in [0.1, 0.15) is 0 Å². The second kappa shape index (κ2) is 5.76. The van der Waals surface area contributed by atoms with E-state index in [2.05, 4.69) is 0 Å². The predicted molar refractivity (Wildman–Crippen MR) is 89.8 cm³/mol. The van der Waals surface area contributed by atoms with Crippen molar-refractivity contribution in [3.63, 3.8) is 0 Å². The fourth-order valence-electron chi connectivity index (χ4n) is 2.91. The van der Waals surface area contributed by atoms with Crippen molar-refractivity contribution in [2.75, 3.05) is 12.3 Å². The number of hydrogen-bond donors (Lipinski definition) is 0. The Balaban J connectivity index is 2.11. The van der Waals surface area contributed by atoms with Crippen molar-refractivity contribution in [3.8, 4) is 0 Å². The molecule has 1 fully saturated rings. The van der Waals surface area contributed by atoms with Crippen LogP contribution in [0.25, 0.3) is 10.8 Å². The van der Waals surface area contributed by atoms with Gasteiger partial charge in [0.2, 0.25) is 10.0 Å². The lowest BCUT2D eigenvalue weighted by molar-refractivity contribution is 0.335. The van der Waals surface area contributed by atoms with E-state index >= 15 is 0 Å². The lowest BCUT2D eigenvalue weighted by Gasteiger charge is -2.36. The topological polar surface area (TPSA) is 54.5 Å². The van der Waals surface area contributed by atoms with Gasteiger partial charge in [-0.3, -0.25) is 4.21 Å². The molecular weight excluding hydrogens is 318 g/mol. The molecule has 1 saturated heterocycles. The molecule has 0 bridgehead atoms. The van der Waals surface area contributed by atoms with Crippen LogP contribution in [0.2, 0.25) is 0 Å². The van der Waals surface area contributed by atoms with Crippen LogP contribution in [0.4, 0.5) is 0 Å². The average molecular weight is 337 g/mol. The molecule has 1 aliphatic heterocycles. The van der Waals surface area contributed by atoms with Crippen molar-refractivity contribution in [1.82, 2.24) is 4.31 Å². The Kier molecular flexibility index (Phi) is 4.09. The smallest absolute Gasteiger partial charge is 0.243 e. The second-order valence-corrected chi connectivity index (χ2v) is 9.40. The molecule has 0 aromatic heterocycles. The van der Waals surface area contributed by atoms with Crippen LogP contribution < -0.4 is 0 Å². The number of nitrogens with zero attached hydrogens (tertiary/aromatic N) is 1. The van der Waals surface area contributed by atoms with Gasteiger partial charge in [-0.1, -0.05) is 36.4 Å². The van der Waals surface area contributed by atoms with Crippen LogP contribution in [0.15, 0.2) is 47.4 Å². The molecule has 1 aliphatic rings. The molecule has 0 radical (unpaired) electrons. The molecule has 1 heterocycles. The first kappa shape index (κ1) is 15.6. The Bertz CT molecular complexity index is 827. The van der Waals surface area contributed by atoms with E-state index in [9.17, 15) is 12.6 Å². The van der Waals surface area contributed by atoms with Gasteiger partial charge in [0.15, 0.2) is 0 Å². The van der Waals surface area contributed by atoms with Gasteiger partial charge in [-0.15, -0.1) is 0 Å². The van der Waals surface area contributed by atoms with Gasteiger partial charge in [0, 0.05) is 39.8 Å². The van der Waals surface area contributed by atoms with Crippen LogP contribution in [0.3, 0.4) is 0 Å². The normalized spacial score (nSPS) is 27.1. The highest BCUT2D eigenvalue weighted by molar-refractivity contribution is 7.90. The molecule has 22 heavy (non-hydrogen) atoms. The Morgan fingerprint density at radius 1 is 1.09 bits per heavy atom. The van der Waals surface area contributed by atoms with Gasteiger partial charge in [-0.05, 0) is 25.3 Å². The maximum Gasteiger partial charge on any atom is 0.243 e. The zero-order valence-electron chi connectivity index (χ0n) is 12.6. The van der Waals surface area contributed by atoms with Gasteiger partial charge in [-0.25, -0.2) is 8.42 Å². The molecule has 4 nitrogen and oxygen atoms in total. The van der Waals surface area contributed by atoms with Crippen LogP contribution in [0.5, 0.6) is 0 Å². The molecule has 0 N–H and O–H groups in total. The van der Waals surface area contributed by atoms with Gasteiger partial charge in [-0.2, -0.15) is 4.31 Å². The van der Waals surface area contributed by atoms with Crippen LogP contribution >= 0.6 is 0 Å². The van der Waals surface area contributed by atoms with E-state index in [-0.39, 0.29) is 11.3 Å². The minimum atomic E-state index is -3.60. The Labute approximate surface area is 133 Å². The molecule has 0 aliphatic carbocycles. The molecular formula is C16H19NO3S2. The van der Waals surface area contributed by atoms with Crippen LogP contribution in [-0.4, -0.2) is 40.5 Å². The van der Waals surface area contributed by atoms with E-state index in [0.29, 0.717) is 17.2 Å². The van der Waals surface area contributed by atoms with Gasteiger partial charge in [0.05, 0.1) is 4.90 Å². The number of hydrogen-bond acceptors (Lipinski definition) is 3. The number of benzene rings is 2. The Morgan fingerprint density at radius 3 is 2.55 bits per heavy atom. The van der Waals surface area contributed by atoms with Gasteiger partial charge < -0.3 is 0 Å². The minimum absolute atomic E-state index is 0.154. The van der Waals surface area contributed by atoms with E-state index in [1.807, 2.05) is 44.2 Å². The van der Waals surface area contributed by atoms with Gasteiger partial charge in [0.25, 0.3) is 0 Å². The SMILES string of the molecule is C[C@@H]1[C@H](C)[S@](=O)CCN1S(=O)(=O)c1cccc2ccccc12. The molecule has 0 unspecified atom stereocenters. The Hall–Kier alpha value is -1.24. The first-order valence-corrected chi connectivity index (χ1v) is 10.1. The monoisotopic (exact) mass is 337 g/mol. The summed E-state index contributed by atoms with van der Waals surface area (Å²) in [4.78, 5) is 0.331. The highest BCUT2D eigenvalue weighted by Crippen LogP contribution is 2.29. The van der Waals surface area contributed by atoms with Crippen molar-refractivity contribution in [3.05, 3.63) is 42.5 Å². The molecule has 118 valence electrons. The molecule has 0 saturated carbocycles. The van der Waals surface area contributed by atoms with Crippen molar-refractivity contribution >= 4 is 31.6 Å². The number of sulfonamides is 1. The highest BCUT2D eigenvalue weighted by atomic mass is 32.2. The summed E-state index contributed by atoms with van der Waals surface area (Å²) in [5.41, 5.74) is 0. The van der Waals surface area contributed by atoms with Crippen LogP contribution in [-0.2, 0) is 20.8 Å². The van der Waals surface area contributed by atoms with E-state index in [4.69, 9.17) is 0 Å². The zero-order chi connectivity index (χ0) is 15.9. The lowest BCUT2D eigenvalue weighted by atomic mass is 10.1. The summed E-state index contributed by atoms with van der Waals surface area (Å²) in [5.74, 6) is 0.398.